The topological polar surface area (TPSA) is 28.5 Å². The van der Waals surface area contributed by atoms with Crippen LogP contribution in [-0.4, -0.2) is 25.3 Å². The summed E-state index contributed by atoms with van der Waals surface area (Å²) in [6.07, 6.45) is 4.68. The first kappa shape index (κ1) is 20.0. The molecule has 5 rings (SSSR count). The SMILES string of the molecule is CN(C)c1ccc(C=N/C(=C2\c3ccccc3Cc3ncccc32)c2ccccc2)cc1. The number of aliphatic imine (C=N–C) groups is 1. The minimum atomic E-state index is 0.841. The molecule has 0 aliphatic heterocycles. The summed E-state index contributed by atoms with van der Waals surface area (Å²) in [6.45, 7) is 0. The number of anilines is 1. The summed E-state index contributed by atoms with van der Waals surface area (Å²) < 4.78 is 0. The van der Waals surface area contributed by atoms with Crippen LogP contribution >= 0.6 is 0 Å². The Labute approximate surface area is 189 Å². The number of aromatic nitrogens is 1. The Bertz CT molecular complexity index is 1250. The zero-order chi connectivity index (χ0) is 21.9. The third-order valence-electron chi connectivity index (χ3n) is 5.84. The average Bonchev–Trinajstić information content (AvgIpc) is 2.84. The first-order valence-electron chi connectivity index (χ1n) is 10.8. The number of pyridine rings is 1. The fourth-order valence-electron chi connectivity index (χ4n) is 4.18. The maximum atomic E-state index is 5.07. The molecule has 0 bridgehead atoms. The highest BCUT2D eigenvalue weighted by molar-refractivity contribution is 6.03. The van der Waals surface area contributed by atoms with Crippen molar-refractivity contribution in [1.82, 2.24) is 4.98 Å². The van der Waals surface area contributed by atoms with Crippen molar-refractivity contribution in [2.45, 2.75) is 6.42 Å². The van der Waals surface area contributed by atoms with Crippen LogP contribution in [0.5, 0.6) is 0 Å². The lowest BCUT2D eigenvalue weighted by Gasteiger charge is -2.23. The number of benzene rings is 3. The highest BCUT2D eigenvalue weighted by Gasteiger charge is 2.24. The van der Waals surface area contributed by atoms with Gasteiger partial charge in [0.05, 0.1) is 11.4 Å². The fourth-order valence-corrected chi connectivity index (χ4v) is 4.18. The molecule has 1 aliphatic carbocycles. The van der Waals surface area contributed by atoms with Crippen molar-refractivity contribution in [2.24, 2.45) is 4.99 Å². The van der Waals surface area contributed by atoms with Crippen molar-refractivity contribution in [2.75, 3.05) is 19.0 Å². The quantitative estimate of drug-likeness (QED) is 0.332. The van der Waals surface area contributed by atoms with Gasteiger partial charge in [-0.3, -0.25) is 9.98 Å². The van der Waals surface area contributed by atoms with E-state index in [0.717, 1.165) is 40.1 Å². The van der Waals surface area contributed by atoms with E-state index in [0.29, 0.717) is 0 Å². The van der Waals surface area contributed by atoms with Crippen molar-refractivity contribution in [1.29, 1.82) is 0 Å². The second-order valence-electron chi connectivity index (χ2n) is 8.17. The maximum absolute atomic E-state index is 5.07. The first-order chi connectivity index (χ1) is 15.7. The first-order valence-corrected chi connectivity index (χ1v) is 10.8. The molecule has 4 aromatic rings. The minimum Gasteiger partial charge on any atom is -0.378 e. The molecule has 32 heavy (non-hydrogen) atoms. The number of hydrogen-bond donors (Lipinski definition) is 0. The highest BCUT2D eigenvalue weighted by atomic mass is 15.1. The average molecular weight is 416 g/mol. The smallest absolute Gasteiger partial charge is 0.0787 e. The van der Waals surface area contributed by atoms with Gasteiger partial charge in [0.25, 0.3) is 0 Å². The van der Waals surface area contributed by atoms with Gasteiger partial charge in [0.2, 0.25) is 0 Å². The van der Waals surface area contributed by atoms with Crippen LogP contribution in [0.3, 0.4) is 0 Å². The van der Waals surface area contributed by atoms with Crippen LogP contribution in [-0.2, 0) is 6.42 Å². The molecule has 0 spiro atoms. The van der Waals surface area contributed by atoms with Crippen molar-refractivity contribution >= 4 is 23.2 Å². The summed E-state index contributed by atoms with van der Waals surface area (Å²) in [5.41, 5.74) is 10.2. The second kappa shape index (κ2) is 8.64. The van der Waals surface area contributed by atoms with Gasteiger partial charge in [0, 0.05) is 55.3 Å². The van der Waals surface area contributed by atoms with Crippen LogP contribution in [0, 0.1) is 0 Å². The Morgan fingerprint density at radius 3 is 2.31 bits per heavy atom. The third kappa shape index (κ3) is 3.85. The fraction of sp³-hybridized carbons (Fsp3) is 0.103. The molecule has 0 amide bonds. The highest BCUT2D eigenvalue weighted by Crippen LogP contribution is 2.40. The molecule has 3 heteroatoms. The van der Waals surface area contributed by atoms with Gasteiger partial charge in [-0.15, -0.1) is 0 Å². The van der Waals surface area contributed by atoms with Crippen molar-refractivity contribution < 1.29 is 0 Å². The molecular weight excluding hydrogens is 390 g/mol. The van der Waals surface area contributed by atoms with Crippen LogP contribution in [0.4, 0.5) is 5.69 Å². The van der Waals surface area contributed by atoms with Crippen LogP contribution in [0.2, 0.25) is 0 Å². The Morgan fingerprint density at radius 1 is 0.812 bits per heavy atom. The molecule has 3 nitrogen and oxygen atoms in total. The molecule has 0 N–H and O–H groups in total. The summed E-state index contributed by atoms with van der Waals surface area (Å²) in [4.78, 5) is 11.9. The molecule has 1 aliphatic rings. The van der Waals surface area contributed by atoms with Gasteiger partial charge >= 0.3 is 0 Å². The molecule has 0 atom stereocenters. The van der Waals surface area contributed by atoms with Crippen LogP contribution in [0.25, 0.3) is 11.3 Å². The van der Waals surface area contributed by atoms with E-state index in [1.807, 2.05) is 38.6 Å². The van der Waals surface area contributed by atoms with E-state index in [1.165, 1.54) is 16.8 Å². The van der Waals surface area contributed by atoms with Gasteiger partial charge in [0.15, 0.2) is 0 Å². The van der Waals surface area contributed by atoms with Gasteiger partial charge in [-0.25, -0.2) is 0 Å². The number of rotatable bonds is 4. The van der Waals surface area contributed by atoms with Crippen LogP contribution < -0.4 is 4.90 Å². The molecule has 0 fully saturated rings. The zero-order valence-corrected chi connectivity index (χ0v) is 18.4. The molecular formula is C29H25N3. The lowest BCUT2D eigenvalue weighted by molar-refractivity contribution is 1.04. The monoisotopic (exact) mass is 415 g/mol. The number of fused-ring (bicyclic) bond motifs is 2. The third-order valence-corrected chi connectivity index (χ3v) is 5.84. The van der Waals surface area contributed by atoms with Crippen molar-refractivity contribution in [3.05, 3.63) is 131 Å². The normalized spacial score (nSPS) is 14.1. The predicted octanol–water partition coefficient (Wildman–Crippen LogP) is 6.09. The largest absolute Gasteiger partial charge is 0.378 e. The van der Waals surface area contributed by atoms with E-state index >= 15 is 0 Å². The zero-order valence-electron chi connectivity index (χ0n) is 18.4. The van der Waals surface area contributed by atoms with Crippen LogP contribution in [0.1, 0.15) is 33.5 Å². The number of nitrogens with zero attached hydrogens (tertiary/aromatic N) is 3. The van der Waals surface area contributed by atoms with Gasteiger partial charge in [-0.2, -0.15) is 0 Å². The van der Waals surface area contributed by atoms with E-state index < -0.39 is 0 Å². The summed E-state index contributed by atoms with van der Waals surface area (Å²) in [5.74, 6) is 0. The van der Waals surface area contributed by atoms with Crippen LogP contribution in [0.15, 0.2) is 102 Å². The van der Waals surface area contributed by atoms with Crippen molar-refractivity contribution in [3.8, 4) is 0 Å². The molecule has 0 saturated carbocycles. The Morgan fingerprint density at radius 2 is 1.53 bits per heavy atom. The molecule has 156 valence electrons. The lowest BCUT2D eigenvalue weighted by Crippen LogP contribution is -2.10. The van der Waals surface area contributed by atoms with Gasteiger partial charge in [-0.05, 0) is 34.9 Å². The van der Waals surface area contributed by atoms with Gasteiger partial charge < -0.3 is 4.90 Å². The predicted molar refractivity (Wildman–Crippen MR) is 134 cm³/mol. The Balaban J connectivity index is 1.71. The van der Waals surface area contributed by atoms with Crippen molar-refractivity contribution in [3.63, 3.8) is 0 Å². The Kier molecular flexibility index (Phi) is 5.39. The van der Waals surface area contributed by atoms with E-state index in [-0.39, 0.29) is 0 Å². The molecule has 0 unspecified atom stereocenters. The van der Waals surface area contributed by atoms with E-state index in [2.05, 4.69) is 83.8 Å². The summed E-state index contributed by atoms with van der Waals surface area (Å²) >= 11 is 0. The molecule has 0 radical (unpaired) electrons. The molecule has 3 aromatic carbocycles. The van der Waals surface area contributed by atoms with E-state index in [4.69, 9.17) is 9.98 Å². The summed E-state index contributed by atoms with van der Waals surface area (Å²) in [6, 6.07) is 31.6. The molecule has 0 saturated heterocycles. The summed E-state index contributed by atoms with van der Waals surface area (Å²) in [7, 11) is 4.10. The maximum Gasteiger partial charge on any atom is 0.0787 e. The van der Waals surface area contributed by atoms with E-state index in [9.17, 15) is 0 Å². The lowest BCUT2D eigenvalue weighted by atomic mass is 9.82. The number of hydrogen-bond acceptors (Lipinski definition) is 3. The van der Waals surface area contributed by atoms with E-state index in [1.54, 1.807) is 0 Å². The second-order valence-corrected chi connectivity index (χ2v) is 8.17. The van der Waals surface area contributed by atoms with Gasteiger partial charge in [0.1, 0.15) is 0 Å². The molecule has 1 heterocycles. The minimum absolute atomic E-state index is 0.841. The Hall–Kier alpha value is -3.98. The molecule has 1 aromatic heterocycles. The summed E-state index contributed by atoms with van der Waals surface area (Å²) in [5, 5.41) is 0. The van der Waals surface area contributed by atoms with Gasteiger partial charge in [-0.1, -0.05) is 72.8 Å². The standard InChI is InChI=1S/C29H25N3/c1-32(2)24-16-14-21(15-17-24)20-31-29(22-9-4-3-5-10-22)28-25-12-7-6-11-23(25)19-27-26(28)13-8-18-30-27/h3-18,20H,19H2,1-2H3/b29-28+,31-20?.